The van der Waals surface area contributed by atoms with Crippen LogP contribution in [0.15, 0.2) is 30.3 Å². The minimum absolute atomic E-state index is 0.0621. The summed E-state index contributed by atoms with van der Waals surface area (Å²) in [5, 5.41) is 3.22. The van der Waals surface area contributed by atoms with Crippen LogP contribution in [0.5, 0.6) is 0 Å². The fraction of sp³-hybridized carbons (Fsp3) is 0.611. The highest BCUT2D eigenvalue weighted by atomic mass is 16.2. The number of benzene rings is 1. The minimum atomic E-state index is -0.632. The van der Waals surface area contributed by atoms with E-state index in [1.165, 1.54) is 12.1 Å². The number of carbonyl (C=O) groups is 1. The Labute approximate surface area is 133 Å². The Morgan fingerprint density at radius 3 is 2.59 bits per heavy atom. The van der Waals surface area contributed by atoms with Crippen molar-refractivity contribution >= 4 is 11.6 Å². The number of piperidine rings is 1. The third-order valence-corrected chi connectivity index (χ3v) is 5.08. The molecule has 120 valence electrons. The van der Waals surface area contributed by atoms with Crippen molar-refractivity contribution < 1.29 is 4.79 Å². The lowest BCUT2D eigenvalue weighted by Crippen LogP contribution is -2.59. The lowest BCUT2D eigenvalue weighted by molar-refractivity contribution is -0.128. The highest BCUT2D eigenvalue weighted by Gasteiger charge is 2.36. The van der Waals surface area contributed by atoms with Gasteiger partial charge in [-0.15, -0.1) is 0 Å². The molecule has 1 aromatic rings. The van der Waals surface area contributed by atoms with Crippen LogP contribution in [0, 0.1) is 0 Å². The van der Waals surface area contributed by atoms with E-state index in [-0.39, 0.29) is 11.9 Å². The number of rotatable bonds is 3. The summed E-state index contributed by atoms with van der Waals surface area (Å²) in [7, 11) is 0. The Bertz CT molecular complexity index is 496. The van der Waals surface area contributed by atoms with Crippen molar-refractivity contribution in [3.05, 3.63) is 30.3 Å². The van der Waals surface area contributed by atoms with Gasteiger partial charge in [-0.2, -0.15) is 0 Å². The Balaban J connectivity index is 1.59. The van der Waals surface area contributed by atoms with Gasteiger partial charge >= 0.3 is 0 Å². The number of para-hydroxylation sites is 1. The van der Waals surface area contributed by atoms with Crippen LogP contribution < -0.4 is 16.0 Å². The molecule has 1 aromatic carbocycles. The van der Waals surface area contributed by atoms with Crippen LogP contribution in [0.2, 0.25) is 0 Å². The van der Waals surface area contributed by atoms with Gasteiger partial charge < -0.3 is 16.0 Å². The molecule has 0 spiro atoms. The van der Waals surface area contributed by atoms with Crippen LogP contribution in [0.3, 0.4) is 0 Å². The number of nitrogens with two attached hydrogens (primary N) is 1. The smallest absolute Gasteiger partial charge is 0.240 e. The minimum Gasteiger partial charge on any atom is -0.369 e. The molecule has 2 aliphatic rings. The zero-order valence-corrected chi connectivity index (χ0v) is 13.3. The molecule has 1 atom stereocenters. The molecule has 2 fully saturated rings. The van der Waals surface area contributed by atoms with E-state index in [9.17, 15) is 4.79 Å². The number of anilines is 1. The van der Waals surface area contributed by atoms with Crippen LogP contribution >= 0.6 is 0 Å². The average molecular weight is 301 g/mol. The van der Waals surface area contributed by atoms with Gasteiger partial charge in [-0.3, -0.25) is 4.79 Å². The summed E-state index contributed by atoms with van der Waals surface area (Å²) >= 11 is 0. The number of hydrogen-bond acceptors (Lipinski definition) is 3. The molecule has 0 aromatic heterocycles. The predicted molar refractivity (Wildman–Crippen MR) is 89.8 cm³/mol. The van der Waals surface area contributed by atoms with Crippen LogP contribution in [-0.4, -0.2) is 30.6 Å². The van der Waals surface area contributed by atoms with Crippen molar-refractivity contribution in [2.45, 2.75) is 56.5 Å². The number of hydrogen-bond donors (Lipinski definition) is 2. The first-order valence-corrected chi connectivity index (χ1v) is 8.57. The fourth-order valence-electron chi connectivity index (χ4n) is 3.71. The number of amides is 1. The molecule has 3 N–H and O–H groups in total. The van der Waals surface area contributed by atoms with Gasteiger partial charge in [0, 0.05) is 24.8 Å². The van der Waals surface area contributed by atoms with E-state index < -0.39 is 5.54 Å². The van der Waals surface area contributed by atoms with Gasteiger partial charge in [0.05, 0.1) is 5.54 Å². The first-order valence-electron chi connectivity index (χ1n) is 8.57. The number of carbonyl (C=O) groups excluding carboxylic acids is 1. The molecular formula is C18H27N3O. The topological polar surface area (TPSA) is 58.4 Å². The van der Waals surface area contributed by atoms with Gasteiger partial charge in [-0.05, 0) is 37.8 Å². The highest BCUT2D eigenvalue weighted by molar-refractivity contribution is 5.86. The molecule has 4 heteroatoms. The van der Waals surface area contributed by atoms with Crippen LogP contribution in [0.25, 0.3) is 0 Å². The van der Waals surface area contributed by atoms with E-state index in [0.717, 1.165) is 51.6 Å². The van der Waals surface area contributed by atoms with Gasteiger partial charge in [0.1, 0.15) is 0 Å². The van der Waals surface area contributed by atoms with Crippen LogP contribution in [0.1, 0.15) is 44.9 Å². The Morgan fingerprint density at radius 1 is 1.14 bits per heavy atom. The number of nitrogens with one attached hydrogen (secondary N) is 1. The summed E-state index contributed by atoms with van der Waals surface area (Å²) in [5.41, 5.74) is 6.95. The second-order valence-corrected chi connectivity index (χ2v) is 6.81. The van der Waals surface area contributed by atoms with E-state index in [4.69, 9.17) is 5.73 Å². The van der Waals surface area contributed by atoms with Crippen molar-refractivity contribution in [1.29, 1.82) is 0 Å². The molecule has 1 saturated heterocycles. The summed E-state index contributed by atoms with van der Waals surface area (Å²) in [5.74, 6) is 0.0621. The third kappa shape index (κ3) is 3.43. The van der Waals surface area contributed by atoms with Gasteiger partial charge in [0.15, 0.2) is 0 Å². The van der Waals surface area contributed by atoms with Gasteiger partial charge in [-0.1, -0.05) is 37.5 Å². The molecule has 1 amide bonds. The van der Waals surface area contributed by atoms with Gasteiger partial charge in [0.2, 0.25) is 5.91 Å². The molecule has 0 radical (unpaired) electrons. The van der Waals surface area contributed by atoms with E-state index in [1.807, 2.05) is 6.07 Å². The zero-order chi connectivity index (χ0) is 15.4. The van der Waals surface area contributed by atoms with E-state index in [2.05, 4.69) is 34.5 Å². The standard InChI is InChI=1S/C18H27N3O/c19-18(11-5-2-6-12-18)17(22)20-15-8-7-13-21(14-15)16-9-3-1-4-10-16/h1,3-4,9-10,15H,2,5-8,11-14,19H2,(H,20,22). The van der Waals surface area contributed by atoms with Crippen molar-refractivity contribution in [2.24, 2.45) is 5.73 Å². The van der Waals surface area contributed by atoms with Gasteiger partial charge in [-0.25, -0.2) is 0 Å². The summed E-state index contributed by atoms with van der Waals surface area (Å²) in [4.78, 5) is 14.9. The average Bonchev–Trinajstić information content (AvgIpc) is 2.56. The Hall–Kier alpha value is -1.55. The van der Waals surface area contributed by atoms with Crippen molar-refractivity contribution in [2.75, 3.05) is 18.0 Å². The van der Waals surface area contributed by atoms with Gasteiger partial charge in [0.25, 0.3) is 0 Å². The lowest BCUT2D eigenvalue weighted by atomic mass is 9.81. The zero-order valence-electron chi connectivity index (χ0n) is 13.3. The van der Waals surface area contributed by atoms with Crippen molar-refractivity contribution in [1.82, 2.24) is 5.32 Å². The summed E-state index contributed by atoms with van der Waals surface area (Å²) in [6, 6.07) is 10.6. The maximum absolute atomic E-state index is 12.6. The Kier molecular flexibility index (Phi) is 4.67. The Morgan fingerprint density at radius 2 is 1.86 bits per heavy atom. The quantitative estimate of drug-likeness (QED) is 0.901. The maximum Gasteiger partial charge on any atom is 0.240 e. The molecule has 3 rings (SSSR count). The molecule has 1 unspecified atom stereocenters. The molecule has 1 heterocycles. The largest absolute Gasteiger partial charge is 0.369 e. The fourth-order valence-corrected chi connectivity index (χ4v) is 3.71. The molecule has 1 aliphatic carbocycles. The molecule has 22 heavy (non-hydrogen) atoms. The second kappa shape index (κ2) is 6.69. The predicted octanol–water partition coefficient (Wildman–Crippen LogP) is 2.43. The molecule has 1 saturated carbocycles. The monoisotopic (exact) mass is 301 g/mol. The molecule has 1 aliphatic heterocycles. The highest BCUT2D eigenvalue weighted by Crippen LogP contribution is 2.27. The normalized spacial score (nSPS) is 24.8. The van der Waals surface area contributed by atoms with E-state index in [1.54, 1.807) is 0 Å². The first-order chi connectivity index (χ1) is 10.7. The lowest BCUT2D eigenvalue weighted by Gasteiger charge is -2.38. The maximum atomic E-state index is 12.6. The summed E-state index contributed by atoms with van der Waals surface area (Å²) in [6.07, 6.45) is 7.16. The molecule has 0 bridgehead atoms. The molecule has 4 nitrogen and oxygen atoms in total. The summed E-state index contributed by atoms with van der Waals surface area (Å²) < 4.78 is 0. The van der Waals surface area contributed by atoms with Crippen LogP contribution in [0.4, 0.5) is 5.69 Å². The van der Waals surface area contributed by atoms with Crippen molar-refractivity contribution in [3.63, 3.8) is 0 Å². The van der Waals surface area contributed by atoms with E-state index in [0.29, 0.717) is 0 Å². The van der Waals surface area contributed by atoms with Crippen LogP contribution in [-0.2, 0) is 4.79 Å². The first kappa shape index (κ1) is 15.3. The SMILES string of the molecule is NC1(C(=O)NC2CCCN(c3ccccc3)C2)CCCCC1. The summed E-state index contributed by atoms with van der Waals surface area (Å²) in [6.45, 7) is 1.94. The number of nitrogens with zero attached hydrogens (tertiary/aromatic N) is 1. The molecular weight excluding hydrogens is 274 g/mol. The second-order valence-electron chi connectivity index (χ2n) is 6.81. The van der Waals surface area contributed by atoms with Crippen molar-refractivity contribution in [3.8, 4) is 0 Å². The third-order valence-electron chi connectivity index (χ3n) is 5.08. The van der Waals surface area contributed by atoms with E-state index >= 15 is 0 Å².